The second kappa shape index (κ2) is 20.2. The summed E-state index contributed by atoms with van der Waals surface area (Å²) in [5, 5.41) is 21.8. The number of rotatable bonds is 14. The number of H-pyrrole nitrogens is 1. The predicted molar refractivity (Wildman–Crippen MR) is 293 cm³/mol. The quantitative estimate of drug-likeness (QED) is 0.104. The third kappa shape index (κ3) is 9.77. The summed E-state index contributed by atoms with van der Waals surface area (Å²) in [4.78, 5) is 57.5. The molecule has 1 saturated carbocycles. The number of fused-ring (bicyclic) bond motifs is 4. The fourth-order valence-electron chi connectivity index (χ4n) is 11.9. The number of nitriles is 1. The van der Waals surface area contributed by atoms with Gasteiger partial charge in [0.15, 0.2) is 5.65 Å². The number of imidazole rings is 1. The number of likely N-dealkylation sites (N-methyl/N-ethyl adjacent to an activating group) is 1. The minimum atomic E-state index is -0.443. The molecule has 0 radical (unpaired) electrons. The van der Waals surface area contributed by atoms with Crippen molar-refractivity contribution in [2.75, 3.05) is 85.6 Å². The summed E-state index contributed by atoms with van der Waals surface area (Å²) < 4.78 is 8.33. The molecule has 5 aliphatic rings. The number of aryl methyl sites for hydroxylation is 1. The Morgan fingerprint density at radius 3 is 2.55 bits per heavy atom. The lowest BCUT2D eigenvalue weighted by Gasteiger charge is -2.43. The van der Waals surface area contributed by atoms with Gasteiger partial charge >= 0.3 is 6.01 Å². The molecule has 12 rings (SSSR count). The molecule has 19 heteroatoms. The van der Waals surface area contributed by atoms with Gasteiger partial charge in [0.1, 0.15) is 18.2 Å². The molecular weight excluding hydrogens is 964 g/mol. The number of halogens is 1. The number of nitrogens with zero attached hydrogens (tertiary/aromatic N) is 14. The molecule has 4 atom stereocenters. The molecule has 3 aromatic carbocycles. The topological polar surface area (TPSA) is 179 Å². The molecule has 4 fully saturated rings. The average molecular weight is 1030 g/mol. The molecule has 3 saturated heterocycles. The van der Waals surface area contributed by atoms with Crippen LogP contribution in [0.15, 0.2) is 72.9 Å². The van der Waals surface area contributed by atoms with Gasteiger partial charge in [-0.25, -0.2) is 4.98 Å². The third-order valence-corrected chi connectivity index (χ3v) is 16.2. The van der Waals surface area contributed by atoms with E-state index in [1.54, 1.807) is 0 Å². The highest BCUT2D eigenvalue weighted by Gasteiger charge is 2.37. The minimum absolute atomic E-state index is 0.127. The van der Waals surface area contributed by atoms with E-state index in [0.29, 0.717) is 80.2 Å². The van der Waals surface area contributed by atoms with Gasteiger partial charge in [0, 0.05) is 85.2 Å². The van der Waals surface area contributed by atoms with Crippen molar-refractivity contribution in [2.45, 2.75) is 102 Å². The summed E-state index contributed by atoms with van der Waals surface area (Å²) in [5.41, 5.74) is 8.19. The Morgan fingerprint density at radius 1 is 0.933 bits per heavy atom. The largest absolute Gasteiger partial charge is 0.462 e. The van der Waals surface area contributed by atoms with Crippen molar-refractivity contribution in [3.63, 3.8) is 0 Å². The van der Waals surface area contributed by atoms with Crippen molar-refractivity contribution in [3.05, 3.63) is 106 Å². The number of anilines is 4. The molecular formula is C56H65ClN16O2. The Labute approximate surface area is 442 Å². The van der Waals surface area contributed by atoms with E-state index in [1.807, 2.05) is 38.7 Å². The smallest absolute Gasteiger partial charge is 0.318 e. The van der Waals surface area contributed by atoms with E-state index in [1.165, 1.54) is 0 Å². The van der Waals surface area contributed by atoms with Crippen LogP contribution in [0.2, 0.25) is 5.02 Å². The van der Waals surface area contributed by atoms with Crippen LogP contribution in [0, 0.1) is 18.3 Å². The van der Waals surface area contributed by atoms with E-state index in [4.69, 9.17) is 46.4 Å². The highest BCUT2D eigenvalue weighted by molar-refractivity contribution is 6.36. The van der Waals surface area contributed by atoms with Crippen molar-refractivity contribution in [1.82, 2.24) is 54.6 Å². The number of amides is 1. The average Bonchev–Trinajstić information content (AvgIpc) is 3.81. The minimum Gasteiger partial charge on any atom is -0.462 e. The molecule has 4 aromatic heterocycles. The molecule has 388 valence electrons. The van der Waals surface area contributed by atoms with Crippen LogP contribution in [0.4, 0.5) is 23.4 Å². The summed E-state index contributed by atoms with van der Waals surface area (Å²) in [7, 11) is 2.14. The van der Waals surface area contributed by atoms with Crippen molar-refractivity contribution < 1.29 is 9.53 Å². The van der Waals surface area contributed by atoms with Crippen LogP contribution in [0.3, 0.4) is 0 Å². The van der Waals surface area contributed by atoms with Crippen LogP contribution in [0.1, 0.15) is 80.1 Å². The molecule has 2 N–H and O–H groups in total. The van der Waals surface area contributed by atoms with Gasteiger partial charge in [-0.2, -0.15) is 34.8 Å². The summed E-state index contributed by atoms with van der Waals surface area (Å²) >= 11 is 6.86. The van der Waals surface area contributed by atoms with Crippen LogP contribution in [0.5, 0.6) is 6.01 Å². The number of aromatic amines is 1. The number of aromatic nitrogens is 8. The maximum Gasteiger partial charge on any atom is 0.318 e. The second-order valence-electron chi connectivity index (χ2n) is 21.6. The number of benzene rings is 3. The monoisotopic (exact) mass is 1030 g/mol. The van der Waals surface area contributed by atoms with Crippen LogP contribution in [-0.4, -0.2) is 145 Å². The number of hydrogen-bond acceptors (Lipinski definition) is 15. The zero-order valence-corrected chi connectivity index (χ0v) is 44.1. The molecule has 1 aliphatic carbocycles. The fraction of sp³-hybridized carbons (Fsp3) is 0.464. The van der Waals surface area contributed by atoms with E-state index in [2.05, 4.69) is 107 Å². The number of likely N-dealkylation sites (tertiary alicyclic amines) is 1. The van der Waals surface area contributed by atoms with Crippen molar-refractivity contribution >= 4 is 68.4 Å². The van der Waals surface area contributed by atoms with Gasteiger partial charge in [-0.05, 0) is 108 Å². The Balaban J connectivity index is 0.846. The van der Waals surface area contributed by atoms with Gasteiger partial charge in [0.05, 0.1) is 66.1 Å². The molecule has 75 heavy (non-hydrogen) atoms. The van der Waals surface area contributed by atoms with Crippen LogP contribution < -0.4 is 29.7 Å². The van der Waals surface area contributed by atoms with E-state index in [-0.39, 0.29) is 37.0 Å². The maximum atomic E-state index is 15.1. The van der Waals surface area contributed by atoms with Crippen molar-refractivity contribution in [3.8, 4) is 12.1 Å². The normalized spacial score (nSPS) is 21.3. The van der Waals surface area contributed by atoms with Gasteiger partial charge in [-0.1, -0.05) is 48.5 Å². The zero-order valence-electron chi connectivity index (χ0n) is 43.3. The number of carbonyl (C=O) groups excluding carboxylic acids is 1. The molecule has 0 bridgehead atoms. The first kappa shape index (κ1) is 48.8. The lowest BCUT2D eigenvalue weighted by molar-refractivity contribution is -0.129. The second-order valence-corrected chi connectivity index (χ2v) is 22.0. The first-order valence-corrected chi connectivity index (χ1v) is 27.0. The number of piperazine rings is 2. The van der Waals surface area contributed by atoms with Gasteiger partial charge < -0.3 is 44.4 Å². The van der Waals surface area contributed by atoms with Crippen LogP contribution in [0.25, 0.3) is 27.5 Å². The summed E-state index contributed by atoms with van der Waals surface area (Å²) in [6.45, 7) is 16.9. The van der Waals surface area contributed by atoms with Crippen LogP contribution in [-0.2, 0) is 24.3 Å². The van der Waals surface area contributed by atoms with E-state index < -0.39 is 6.04 Å². The Morgan fingerprint density at radius 2 is 1.76 bits per heavy atom. The first-order chi connectivity index (χ1) is 36.4. The molecule has 8 heterocycles. The van der Waals surface area contributed by atoms with Gasteiger partial charge in [0.2, 0.25) is 11.9 Å². The summed E-state index contributed by atoms with van der Waals surface area (Å²) in [6, 6.07) is 21.6. The molecule has 18 nitrogen and oxygen atoms in total. The highest BCUT2D eigenvalue weighted by atomic mass is 35.5. The van der Waals surface area contributed by atoms with Crippen molar-refractivity contribution in [1.29, 1.82) is 5.26 Å². The van der Waals surface area contributed by atoms with Gasteiger partial charge in [-0.15, -0.1) is 0 Å². The maximum absolute atomic E-state index is 15.1. The molecule has 1 amide bonds. The molecule has 0 spiro atoms. The summed E-state index contributed by atoms with van der Waals surface area (Å²) in [6.07, 6.45) is 7.13. The fourth-order valence-corrected chi connectivity index (χ4v) is 12.2. The lowest BCUT2D eigenvalue weighted by atomic mass is 10.0. The van der Waals surface area contributed by atoms with Gasteiger partial charge in [-0.3, -0.25) is 4.79 Å². The number of ether oxygens (including phenoxy) is 1. The number of carbonyl (C=O) groups is 1. The van der Waals surface area contributed by atoms with E-state index >= 15 is 4.79 Å². The first-order valence-electron chi connectivity index (χ1n) is 26.7. The Bertz CT molecular complexity index is 3350. The predicted octanol–water partition coefficient (Wildman–Crippen LogP) is 7.20. The Kier molecular flexibility index (Phi) is 13.2. The van der Waals surface area contributed by atoms with E-state index in [0.717, 1.165) is 119 Å². The molecule has 7 aromatic rings. The third-order valence-electron chi connectivity index (χ3n) is 15.9. The SMILES string of the molecule is C=C(CN(Cc1nc2ccc(C)cc2[nH]1)c1nc(N2C[C@@H](C)N[C@@H](C)C2)nc2c(C3CC3)cnn12)C(=O)N1CCN(c2nc(OC[C@@H]3CCCN3C)nc3c2CCN(c2cccc4cccc(Cl)c24)C3)C[C@@H]1CC#N. The molecule has 0 unspecified atom stereocenters. The summed E-state index contributed by atoms with van der Waals surface area (Å²) in [5.74, 6) is 2.88. The van der Waals surface area contributed by atoms with Crippen LogP contribution >= 0.6 is 11.6 Å². The standard InChI is InChI=1S/C56H65ClN16O2/c1-34-14-17-45-46(25-34)62-49(61-45)32-71(56-66-54(70-28-36(3)60-37(4)29-70)64-52-43(38-15-16-38)26-59-73(52)56)27-35(2)53(74)72-24-23-69(30-40(72)18-20-58)51-42-19-22-68(48-13-7-10-39-9-6-12-44(57)50(39)48)31-47(42)63-55(65-51)75-33-41-11-8-21-67(41)5/h6-7,9-10,12-14,17,25-26,36-38,40-41,60H,2,8,11,15-16,18-19,21-24,27-33H2,1,3-5H3,(H,61,62)/t36-,37+,40-,41-/m0/s1. The number of nitrogens with one attached hydrogen (secondary N) is 2. The molecule has 4 aliphatic heterocycles. The van der Waals surface area contributed by atoms with Gasteiger partial charge in [0.25, 0.3) is 5.91 Å². The highest BCUT2D eigenvalue weighted by Crippen LogP contribution is 2.43. The Hall–Kier alpha value is -7.07. The number of hydrogen-bond donors (Lipinski definition) is 2. The van der Waals surface area contributed by atoms with E-state index in [9.17, 15) is 5.26 Å². The van der Waals surface area contributed by atoms with Crippen molar-refractivity contribution in [2.24, 2.45) is 0 Å². The zero-order chi connectivity index (χ0) is 51.5. The lowest BCUT2D eigenvalue weighted by Crippen LogP contribution is -2.56.